The van der Waals surface area contributed by atoms with Crippen LogP contribution in [0.1, 0.15) is 18.1 Å². The number of hydrogen-bond acceptors (Lipinski definition) is 3. The first-order valence-electron chi connectivity index (χ1n) is 8.45. The fourth-order valence-electron chi connectivity index (χ4n) is 2.40. The molecule has 1 heterocycles. The van der Waals surface area contributed by atoms with Gasteiger partial charge < -0.3 is 10.6 Å². The normalized spacial score (nSPS) is 11.0. The van der Waals surface area contributed by atoms with Gasteiger partial charge in [0.2, 0.25) is 0 Å². The van der Waals surface area contributed by atoms with E-state index in [0.29, 0.717) is 13.1 Å². The molecular weight excluding hydrogens is 475 g/mol. The van der Waals surface area contributed by atoms with Crippen LogP contribution in [0.4, 0.5) is 0 Å². The van der Waals surface area contributed by atoms with E-state index in [1.165, 1.54) is 6.33 Å². The molecule has 3 aromatic rings. The van der Waals surface area contributed by atoms with E-state index in [9.17, 15) is 0 Å². The molecule has 27 heavy (non-hydrogen) atoms. The first kappa shape index (κ1) is 21.2. The predicted octanol–water partition coefficient (Wildman–Crippen LogP) is 3.79. The molecule has 2 N–H and O–H groups in total. The number of rotatable bonds is 6. The van der Waals surface area contributed by atoms with Crippen LogP contribution in [0.2, 0.25) is 5.02 Å². The summed E-state index contributed by atoms with van der Waals surface area (Å²) in [5, 5.41) is 11.5. The van der Waals surface area contributed by atoms with Crippen LogP contribution in [0, 0.1) is 0 Å². The highest BCUT2D eigenvalue weighted by atomic mass is 127. The van der Waals surface area contributed by atoms with Crippen LogP contribution < -0.4 is 10.6 Å². The molecule has 1 aromatic heterocycles. The number of aliphatic imine (C=N–C) groups is 1. The van der Waals surface area contributed by atoms with E-state index in [4.69, 9.17) is 11.6 Å². The second-order valence-electron chi connectivity index (χ2n) is 5.68. The maximum absolute atomic E-state index is 5.92. The van der Waals surface area contributed by atoms with Gasteiger partial charge in [-0.05, 0) is 42.3 Å². The maximum Gasteiger partial charge on any atom is 0.191 e. The molecule has 6 nitrogen and oxygen atoms in total. The molecule has 0 aliphatic rings. The molecule has 0 aliphatic heterocycles. The lowest BCUT2D eigenvalue weighted by Gasteiger charge is -2.11. The zero-order chi connectivity index (χ0) is 18.2. The van der Waals surface area contributed by atoms with E-state index in [2.05, 4.69) is 25.7 Å². The molecule has 0 amide bonds. The van der Waals surface area contributed by atoms with Crippen molar-refractivity contribution in [3.8, 4) is 5.69 Å². The van der Waals surface area contributed by atoms with Gasteiger partial charge in [-0.3, -0.25) is 0 Å². The fourth-order valence-corrected chi connectivity index (χ4v) is 2.52. The number of hydrogen-bond donors (Lipinski definition) is 2. The number of halogens is 2. The summed E-state index contributed by atoms with van der Waals surface area (Å²) in [6, 6.07) is 15.9. The first-order chi connectivity index (χ1) is 12.7. The molecule has 8 heteroatoms. The molecule has 0 saturated heterocycles. The van der Waals surface area contributed by atoms with Gasteiger partial charge in [0.1, 0.15) is 12.7 Å². The van der Waals surface area contributed by atoms with Crippen molar-refractivity contribution in [1.29, 1.82) is 0 Å². The second-order valence-corrected chi connectivity index (χ2v) is 6.12. The van der Waals surface area contributed by atoms with E-state index in [1.54, 1.807) is 11.0 Å². The Balaban J connectivity index is 0.00000261. The van der Waals surface area contributed by atoms with Crippen molar-refractivity contribution in [3.05, 3.63) is 77.3 Å². The van der Waals surface area contributed by atoms with Crippen molar-refractivity contribution in [2.24, 2.45) is 4.99 Å². The molecular formula is C19H22ClIN6. The smallest absolute Gasteiger partial charge is 0.191 e. The van der Waals surface area contributed by atoms with Gasteiger partial charge in [-0.2, -0.15) is 5.10 Å². The van der Waals surface area contributed by atoms with Gasteiger partial charge in [0.05, 0.1) is 12.2 Å². The summed E-state index contributed by atoms with van der Waals surface area (Å²) in [5.41, 5.74) is 3.25. The summed E-state index contributed by atoms with van der Waals surface area (Å²) in [7, 11) is 0. The van der Waals surface area contributed by atoms with Gasteiger partial charge in [-0.1, -0.05) is 35.9 Å². The number of nitrogens with one attached hydrogen (secondary N) is 2. The SMILES string of the molecule is CCNC(=NCc1ccc(-n2cncn2)cc1)NCc1ccc(Cl)cc1.I. The van der Waals surface area contributed by atoms with E-state index >= 15 is 0 Å². The average molecular weight is 497 g/mol. The first-order valence-corrected chi connectivity index (χ1v) is 8.83. The Morgan fingerprint density at radius 2 is 1.74 bits per heavy atom. The molecule has 3 rings (SSSR count). The summed E-state index contributed by atoms with van der Waals surface area (Å²) in [6.07, 6.45) is 3.20. The highest BCUT2D eigenvalue weighted by Gasteiger charge is 2.00. The van der Waals surface area contributed by atoms with Crippen LogP contribution in [-0.4, -0.2) is 27.3 Å². The molecule has 0 spiro atoms. The minimum Gasteiger partial charge on any atom is -0.357 e. The zero-order valence-electron chi connectivity index (χ0n) is 15.0. The highest BCUT2D eigenvalue weighted by molar-refractivity contribution is 14.0. The Bertz CT molecular complexity index is 832. The monoisotopic (exact) mass is 496 g/mol. The Kier molecular flexibility index (Phi) is 8.53. The number of nitrogens with zero attached hydrogens (tertiary/aromatic N) is 4. The topological polar surface area (TPSA) is 67.1 Å². The van der Waals surface area contributed by atoms with E-state index in [0.717, 1.165) is 34.3 Å². The molecule has 0 radical (unpaired) electrons. The Labute approximate surface area is 181 Å². The van der Waals surface area contributed by atoms with Gasteiger partial charge in [0, 0.05) is 18.1 Å². The molecule has 142 valence electrons. The number of benzene rings is 2. The highest BCUT2D eigenvalue weighted by Crippen LogP contribution is 2.10. The molecule has 0 atom stereocenters. The predicted molar refractivity (Wildman–Crippen MR) is 120 cm³/mol. The average Bonchev–Trinajstić information content (AvgIpc) is 3.20. The number of guanidine groups is 1. The lowest BCUT2D eigenvalue weighted by Crippen LogP contribution is -2.36. The van der Waals surface area contributed by atoms with Crippen molar-refractivity contribution >= 4 is 41.5 Å². The summed E-state index contributed by atoms with van der Waals surface area (Å²) in [6.45, 7) is 4.13. The van der Waals surface area contributed by atoms with Crippen molar-refractivity contribution in [2.75, 3.05) is 6.54 Å². The molecule has 0 bridgehead atoms. The van der Waals surface area contributed by atoms with E-state index in [1.807, 2.05) is 55.5 Å². The van der Waals surface area contributed by atoms with Gasteiger partial charge in [0.15, 0.2) is 5.96 Å². The molecule has 0 aliphatic carbocycles. The molecule has 0 saturated carbocycles. The lowest BCUT2D eigenvalue weighted by atomic mass is 10.2. The fraction of sp³-hybridized carbons (Fsp3) is 0.211. The Morgan fingerprint density at radius 3 is 2.37 bits per heavy atom. The quantitative estimate of drug-likeness (QED) is 0.310. The van der Waals surface area contributed by atoms with Gasteiger partial charge in [0.25, 0.3) is 0 Å². The summed E-state index contributed by atoms with van der Waals surface area (Å²) >= 11 is 5.92. The third-order valence-electron chi connectivity index (χ3n) is 3.76. The van der Waals surface area contributed by atoms with Crippen molar-refractivity contribution < 1.29 is 0 Å². The van der Waals surface area contributed by atoms with Crippen LogP contribution in [0.3, 0.4) is 0 Å². The van der Waals surface area contributed by atoms with Crippen molar-refractivity contribution in [2.45, 2.75) is 20.0 Å². The lowest BCUT2D eigenvalue weighted by molar-refractivity contribution is 0.816. The molecule has 2 aromatic carbocycles. The van der Waals surface area contributed by atoms with Crippen LogP contribution in [0.15, 0.2) is 66.2 Å². The summed E-state index contributed by atoms with van der Waals surface area (Å²) in [4.78, 5) is 8.60. The number of aromatic nitrogens is 3. The third-order valence-corrected chi connectivity index (χ3v) is 4.01. The van der Waals surface area contributed by atoms with Crippen LogP contribution in [-0.2, 0) is 13.1 Å². The van der Waals surface area contributed by atoms with Crippen molar-refractivity contribution in [1.82, 2.24) is 25.4 Å². The summed E-state index contributed by atoms with van der Waals surface area (Å²) in [5.74, 6) is 0.780. The Hall–Kier alpha value is -2.13. The summed E-state index contributed by atoms with van der Waals surface area (Å²) < 4.78 is 1.73. The van der Waals surface area contributed by atoms with Crippen molar-refractivity contribution in [3.63, 3.8) is 0 Å². The standard InChI is InChI=1S/C19H21ClN6.HI/c1-2-22-19(23-11-15-3-7-17(20)8-4-15)24-12-16-5-9-18(10-6-16)26-14-21-13-25-26;/h3-10,13-14H,2,11-12H2,1H3,(H2,22,23,24);1H. The van der Waals surface area contributed by atoms with Crippen LogP contribution in [0.25, 0.3) is 5.69 Å². The zero-order valence-corrected chi connectivity index (χ0v) is 18.1. The van der Waals surface area contributed by atoms with Crippen LogP contribution >= 0.6 is 35.6 Å². The second kappa shape index (κ2) is 10.9. The van der Waals surface area contributed by atoms with E-state index < -0.39 is 0 Å². The van der Waals surface area contributed by atoms with Gasteiger partial charge in [-0.25, -0.2) is 14.7 Å². The minimum absolute atomic E-state index is 0. The molecule has 0 unspecified atom stereocenters. The van der Waals surface area contributed by atoms with Gasteiger partial charge >= 0.3 is 0 Å². The Morgan fingerprint density at radius 1 is 1.04 bits per heavy atom. The third kappa shape index (κ3) is 6.51. The largest absolute Gasteiger partial charge is 0.357 e. The molecule has 0 fully saturated rings. The van der Waals surface area contributed by atoms with Crippen LogP contribution in [0.5, 0.6) is 0 Å². The van der Waals surface area contributed by atoms with Gasteiger partial charge in [-0.15, -0.1) is 24.0 Å². The minimum atomic E-state index is 0. The maximum atomic E-state index is 5.92. The van der Waals surface area contributed by atoms with E-state index in [-0.39, 0.29) is 24.0 Å².